The summed E-state index contributed by atoms with van der Waals surface area (Å²) in [7, 11) is 9.22. The minimum atomic E-state index is -0.0532. The van der Waals surface area contributed by atoms with E-state index in [-0.39, 0.29) is 17.8 Å². The van der Waals surface area contributed by atoms with E-state index in [1.807, 2.05) is 24.3 Å². The molecule has 8 bridgehead atoms. The maximum Gasteiger partial charge on any atom is 0.204 e. The lowest BCUT2D eigenvalue weighted by Gasteiger charge is -2.37. The molecule has 45 heavy (non-hydrogen) atoms. The Balaban J connectivity index is 1.45. The summed E-state index contributed by atoms with van der Waals surface area (Å²) in [4.78, 5) is 4.74. The highest BCUT2D eigenvalue weighted by Gasteiger charge is 2.34. The number of aromatic hydroxyl groups is 1. The minimum Gasteiger partial charge on any atom is -0.504 e. The molecule has 0 amide bonds. The lowest BCUT2D eigenvalue weighted by Crippen LogP contribution is -2.34. The number of fused-ring (bicyclic) bond motifs is 1. The molecule has 9 rings (SSSR count). The number of nitrogens with zero attached hydrogens (tertiary/aromatic N) is 2. The van der Waals surface area contributed by atoms with Crippen molar-refractivity contribution in [3.63, 3.8) is 0 Å². The molecule has 1 N–H and O–H groups in total. The molecule has 0 aliphatic carbocycles. The largest absolute Gasteiger partial charge is 0.504 e. The van der Waals surface area contributed by atoms with Crippen molar-refractivity contribution in [1.82, 2.24) is 9.80 Å². The Hall–Kier alpha value is -4.40. The minimum absolute atomic E-state index is 0.0532. The van der Waals surface area contributed by atoms with Gasteiger partial charge in [-0.1, -0.05) is 18.2 Å². The third kappa shape index (κ3) is 5.32. The summed E-state index contributed by atoms with van der Waals surface area (Å²) in [5.74, 6) is 4.26. The number of methoxy groups -OCH3 is 3. The van der Waals surface area contributed by atoms with E-state index < -0.39 is 0 Å². The topological polar surface area (TPSA) is 72.9 Å². The Morgan fingerprint density at radius 2 is 1.36 bits per heavy atom. The molecule has 5 heterocycles. The molecule has 8 nitrogen and oxygen atoms in total. The van der Waals surface area contributed by atoms with E-state index in [9.17, 15) is 5.11 Å². The summed E-state index contributed by atoms with van der Waals surface area (Å²) >= 11 is 0. The van der Waals surface area contributed by atoms with Crippen molar-refractivity contribution in [2.45, 2.75) is 37.8 Å². The molecule has 0 radical (unpaired) electrons. The summed E-state index contributed by atoms with van der Waals surface area (Å²) in [6.45, 7) is 1.77. The SMILES string of the molecule is COc1ccc2cc1Oc1ccc(cc1)CC1c3cc(OC)c(cc3CCN1C)Oc1c(OC)c(O)cc3c1C(C2)N(C)CC3. The Kier molecular flexibility index (Phi) is 7.71. The van der Waals surface area contributed by atoms with Crippen LogP contribution in [0.2, 0.25) is 0 Å². The van der Waals surface area contributed by atoms with E-state index >= 15 is 0 Å². The lowest BCUT2D eigenvalue weighted by molar-refractivity contribution is 0.220. The molecule has 2 unspecified atom stereocenters. The molecule has 0 spiro atoms. The highest BCUT2D eigenvalue weighted by atomic mass is 16.5. The first-order valence-electron chi connectivity index (χ1n) is 15.5. The van der Waals surface area contributed by atoms with Gasteiger partial charge in [-0.25, -0.2) is 0 Å². The smallest absolute Gasteiger partial charge is 0.204 e. The number of likely N-dealkylation sites (N-methyl/N-ethyl adjacent to an activating group) is 2. The molecule has 5 aliphatic heterocycles. The number of phenolic OH excluding ortho intramolecular Hbond substituents is 1. The number of hydrogen-bond acceptors (Lipinski definition) is 8. The van der Waals surface area contributed by atoms with Crippen LogP contribution in [0.5, 0.6) is 46.0 Å². The molecular formula is C37H40N2O6. The van der Waals surface area contributed by atoms with Crippen LogP contribution in [0, 0.1) is 0 Å². The zero-order chi connectivity index (χ0) is 31.2. The fraction of sp³-hybridized carbons (Fsp3) is 0.351. The zero-order valence-corrected chi connectivity index (χ0v) is 26.6. The summed E-state index contributed by atoms with van der Waals surface area (Å²) in [6.07, 6.45) is 3.20. The molecular weight excluding hydrogens is 568 g/mol. The molecule has 234 valence electrons. The number of hydrogen-bond donors (Lipinski definition) is 1. The van der Waals surface area contributed by atoms with Crippen LogP contribution in [0.25, 0.3) is 0 Å². The standard InChI is InChI=1S/C37H40N2O6/c1-38-14-12-24-20-34-32(42-4)21-27(24)28(38)16-22-6-9-26(10-7-22)44-33-18-23(8-11-31(33)41-3)17-29-35-25(13-15-39(29)2)19-30(40)36(43-5)37(35)45-34/h6-11,18-21,28-29,40H,12-17H2,1-5H3. The summed E-state index contributed by atoms with van der Waals surface area (Å²) in [5.41, 5.74) is 6.81. The second-order valence-corrected chi connectivity index (χ2v) is 12.3. The van der Waals surface area contributed by atoms with Crippen molar-refractivity contribution < 1.29 is 28.8 Å². The first-order chi connectivity index (χ1) is 21.9. The third-order valence-electron chi connectivity index (χ3n) is 9.64. The number of benzene rings is 4. The van der Waals surface area contributed by atoms with E-state index in [1.165, 1.54) is 16.7 Å². The average molecular weight is 609 g/mol. The van der Waals surface area contributed by atoms with Crippen LogP contribution < -0.4 is 23.7 Å². The summed E-state index contributed by atoms with van der Waals surface area (Å²) in [5, 5.41) is 11.1. The van der Waals surface area contributed by atoms with E-state index in [4.69, 9.17) is 23.7 Å². The van der Waals surface area contributed by atoms with Gasteiger partial charge in [0.05, 0.1) is 21.3 Å². The molecule has 4 aromatic carbocycles. The van der Waals surface area contributed by atoms with E-state index in [0.29, 0.717) is 40.9 Å². The Morgan fingerprint density at radius 1 is 0.689 bits per heavy atom. The van der Waals surface area contributed by atoms with Crippen LogP contribution in [0.1, 0.15) is 45.5 Å². The quantitative estimate of drug-likeness (QED) is 0.271. The number of ether oxygens (including phenoxy) is 5. The van der Waals surface area contributed by atoms with Gasteiger partial charge in [0.25, 0.3) is 0 Å². The second kappa shape index (κ2) is 11.8. The van der Waals surface area contributed by atoms with Gasteiger partial charge in [-0.3, -0.25) is 9.80 Å². The van der Waals surface area contributed by atoms with Gasteiger partial charge in [0.2, 0.25) is 5.75 Å². The molecule has 4 aromatic rings. The van der Waals surface area contributed by atoms with Crippen molar-refractivity contribution >= 4 is 0 Å². The average Bonchev–Trinajstić information content (AvgIpc) is 3.04. The van der Waals surface area contributed by atoms with Crippen molar-refractivity contribution in [3.8, 4) is 46.0 Å². The predicted molar refractivity (Wildman–Crippen MR) is 173 cm³/mol. The van der Waals surface area contributed by atoms with Gasteiger partial charge >= 0.3 is 0 Å². The maximum absolute atomic E-state index is 11.1. The lowest BCUT2D eigenvalue weighted by atomic mass is 9.87. The van der Waals surface area contributed by atoms with Crippen molar-refractivity contribution in [1.29, 1.82) is 0 Å². The third-order valence-corrected chi connectivity index (χ3v) is 9.64. The van der Waals surface area contributed by atoms with Gasteiger partial charge in [-0.15, -0.1) is 0 Å². The van der Waals surface area contributed by atoms with Crippen LogP contribution in [-0.4, -0.2) is 63.4 Å². The number of rotatable bonds is 3. The van der Waals surface area contributed by atoms with Gasteiger partial charge in [0.1, 0.15) is 5.75 Å². The van der Waals surface area contributed by atoms with E-state index in [0.717, 1.165) is 54.8 Å². The fourth-order valence-corrected chi connectivity index (χ4v) is 7.14. The van der Waals surface area contributed by atoms with E-state index in [2.05, 4.69) is 60.3 Å². The highest BCUT2D eigenvalue weighted by Crippen LogP contribution is 2.51. The van der Waals surface area contributed by atoms with Crippen LogP contribution in [0.3, 0.4) is 0 Å². The summed E-state index contributed by atoms with van der Waals surface area (Å²) < 4.78 is 30.7. The summed E-state index contributed by atoms with van der Waals surface area (Å²) in [6, 6.07) is 20.6. The van der Waals surface area contributed by atoms with Crippen LogP contribution in [0.4, 0.5) is 0 Å². The Bertz CT molecular complexity index is 1740. The molecule has 2 atom stereocenters. The Morgan fingerprint density at radius 3 is 2.09 bits per heavy atom. The van der Waals surface area contributed by atoms with Crippen LogP contribution in [-0.2, 0) is 25.7 Å². The van der Waals surface area contributed by atoms with Crippen molar-refractivity contribution in [2.75, 3.05) is 48.5 Å². The van der Waals surface area contributed by atoms with Crippen LogP contribution in [0.15, 0.2) is 60.7 Å². The van der Waals surface area contributed by atoms with Crippen LogP contribution >= 0.6 is 0 Å². The van der Waals surface area contributed by atoms with Gasteiger partial charge in [-0.05, 0) is 110 Å². The monoisotopic (exact) mass is 608 g/mol. The molecule has 0 fully saturated rings. The normalized spacial score (nSPS) is 19.4. The van der Waals surface area contributed by atoms with Gasteiger partial charge in [-0.2, -0.15) is 0 Å². The van der Waals surface area contributed by atoms with Crippen molar-refractivity contribution in [2.24, 2.45) is 0 Å². The zero-order valence-electron chi connectivity index (χ0n) is 26.6. The number of phenols is 1. The van der Waals surface area contributed by atoms with Gasteiger partial charge in [0.15, 0.2) is 34.5 Å². The highest BCUT2D eigenvalue weighted by molar-refractivity contribution is 5.63. The van der Waals surface area contributed by atoms with Crippen molar-refractivity contribution in [3.05, 3.63) is 94.0 Å². The maximum atomic E-state index is 11.1. The molecule has 0 aromatic heterocycles. The van der Waals surface area contributed by atoms with Gasteiger partial charge < -0.3 is 28.8 Å². The molecule has 5 aliphatic rings. The molecule has 8 heteroatoms. The van der Waals surface area contributed by atoms with Gasteiger partial charge in [0, 0.05) is 30.7 Å². The van der Waals surface area contributed by atoms with E-state index in [1.54, 1.807) is 21.3 Å². The molecule has 0 saturated carbocycles. The predicted octanol–water partition coefficient (Wildman–Crippen LogP) is 6.86. The first-order valence-corrected chi connectivity index (χ1v) is 15.5. The Labute approximate surface area is 264 Å². The molecule has 0 saturated heterocycles. The first kappa shape index (κ1) is 29.3. The fourth-order valence-electron chi connectivity index (χ4n) is 7.14. The second-order valence-electron chi connectivity index (χ2n) is 12.3.